The van der Waals surface area contributed by atoms with Crippen LogP contribution < -0.4 is 4.90 Å². The van der Waals surface area contributed by atoms with Crippen LogP contribution in [0.3, 0.4) is 0 Å². The largest absolute Gasteiger partial charge is 0.376 e. The number of ether oxygens (including phenoxy) is 1. The molecule has 1 aliphatic heterocycles. The molecule has 1 aliphatic rings. The maximum absolute atomic E-state index is 11.7. The minimum Gasteiger partial charge on any atom is -0.376 e. The first-order chi connectivity index (χ1) is 9.61. The molecule has 2 rings (SSSR count). The summed E-state index contributed by atoms with van der Waals surface area (Å²) in [6.45, 7) is 3.11. The lowest BCUT2D eigenvalue weighted by Gasteiger charge is -2.29. The Bertz CT molecular complexity index is 528. The highest BCUT2D eigenvalue weighted by Crippen LogP contribution is 2.24. The Balaban J connectivity index is 2.20. The second kappa shape index (κ2) is 6.53. The zero-order chi connectivity index (χ0) is 14.5. The van der Waals surface area contributed by atoms with Crippen molar-refractivity contribution in [2.75, 3.05) is 25.1 Å². The van der Waals surface area contributed by atoms with E-state index in [1.54, 1.807) is 25.1 Å². The van der Waals surface area contributed by atoms with Crippen LogP contribution in [0.5, 0.6) is 0 Å². The standard InChI is InChI=1S/C16H20N2O2/c1-12(19)15-7-6-13(10-17)9-16(15)18(2)11-14-5-3-4-8-20-14/h6-7,9,14H,3-5,8,11H2,1-2H3. The molecule has 0 N–H and O–H groups in total. The first kappa shape index (κ1) is 14.5. The van der Waals surface area contributed by atoms with E-state index in [0.717, 1.165) is 31.7 Å². The number of carbonyl (C=O) groups excluding carboxylic acids is 1. The molecule has 1 unspecified atom stereocenters. The molecule has 1 fully saturated rings. The molecule has 0 spiro atoms. The Morgan fingerprint density at radius 2 is 2.30 bits per heavy atom. The van der Waals surface area contributed by atoms with Gasteiger partial charge >= 0.3 is 0 Å². The summed E-state index contributed by atoms with van der Waals surface area (Å²) in [6.07, 6.45) is 3.58. The van der Waals surface area contributed by atoms with Gasteiger partial charge in [0.25, 0.3) is 0 Å². The van der Waals surface area contributed by atoms with Crippen molar-refractivity contribution in [3.8, 4) is 6.07 Å². The highest BCUT2D eigenvalue weighted by Gasteiger charge is 2.19. The van der Waals surface area contributed by atoms with Gasteiger partial charge in [-0.1, -0.05) is 0 Å². The van der Waals surface area contributed by atoms with Crippen molar-refractivity contribution in [1.82, 2.24) is 0 Å². The maximum Gasteiger partial charge on any atom is 0.161 e. The molecule has 1 atom stereocenters. The first-order valence-electron chi connectivity index (χ1n) is 6.99. The molecule has 1 heterocycles. The van der Waals surface area contributed by atoms with Gasteiger partial charge in [-0.2, -0.15) is 5.26 Å². The fraction of sp³-hybridized carbons (Fsp3) is 0.500. The van der Waals surface area contributed by atoms with Crippen LogP contribution in [0.2, 0.25) is 0 Å². The molecule has 4 nitrogen and oxygen atoms in total. The predicted octanol–water partition coefficient (Wildman–Crippen LogP) is 2.77. The van der Waals surface area contributed by atoms with Crippen LogP contribution in [0.15, 0.2) is 18.2 Å². The smallest absolute Gasteiger partial charge is 0.161 e. The number of anilines is 1. The number of nitriles is 1. The minimum absolute atomic E-state index is 0.0147. The topological polar surface area (TPSA) is 53.3 Å². The summed E-state index contributed by atoms with van der Waals surface area (Å²) < 4.78 is 5.74. The molecule has 0 bridgehead atoms. The number of nitrogens with zero attached hydrogens (tertiary/aromatic N) is 2. The molecule has 1 aromatic carbocycles. The third-order valence-electron chi connectivity index (χ3n) is 3.67. The lowest BCUT2D eigenvalue weighted by Crippen LogP contribution is -2.34. The Labute approximate surface area is 120 Å². The number of Topliss-reactive ketones (excluding diaryl/α,β-unsaturated/α-hetero) is 1. The fourth-order valence-corrected chi connectivity index (χ4v) is 2.57. The van der Waals surface area contributed by atoms with E-state index >= 15 is 0 Å². The Morgan fingerprint density at radius 3 is 2.90 bits per heavy atom. The molecule has 106 valence electrons. The zero-order valence-corrected chi connectivity index (χ0v) is 12.1. The molecule has 0 radical (unpaired) electrons. The summed E-state index contributed by atoms with van der Waals surface area (Å²) in [6, 6.07) is 7.32. The van der Waals surface area contributed by atoms with Crippen LogP contribution in [0, 0.1) is 11.3 Å². The molecule has 1 aromatic rings. The molecule has 0 saturated carbocycles. The van der Waals surface area contributed by atoms with Crippen LogP contribution in [0.25, 0.3) is 0 Å². The van der Waals surface area contributed by atoms with Gasteiger partial charge in [-0.15, -0.1) is 0 Å². The Morgan fingerprint density at radius 1 is 1.50 bits per heavy atom. The summed E-state index contributed by atoms with van der Waals surface area (Å²) >= 11 is 0. The number of carbonyl (C=O) groups is 1. The molecule has 20 heavy (non-hydrogen) atoms. The lowest BCUT2D eigenvalue weighted by molar-refractivity contribution is 0.0216. The van der Waals surface area contributed by atoms with Crippen molar-refractivity contribution in [3.63, 3.8) is 0 Å². The van der Waals surface area contributed by atoms with Gasteiger partial charge in [0.15, 0.2) is 5.78 Å². The number of ketones is 1. The third kappa shape index (κ3) is 3.37. The van der Waals surface area contributed by atoms with E-state index in [1.807, 2.05) is 11.9 Å². The van der Waals surface area contributed by atoms with Gasteiger partial charge in [0.05, 0.1) is 17.7 Å². The van der Waals surface area contributed by atoms with Gasteiger partial charge in [-0.3, -0.25) is 4.79 Å². The van der Waals surface area contributed by atoms with Crippen LogP contribution in [0.4, 0.5) is 5.69 Å². The minimum atomic E-state index is 0.0147. The number of rotatable bonds is 4. The van der Waals surface area contributed by atoms with Crippen LogP contribution in [0.1, 0.15) is 42.1 Å². The molecule has 0 aromatic heterocycles. The van der Waals surface area contributed by atoms with E-state index in [0.29, 0.717) is 11.1 Å². The third-order valence-corrected chi connectivity index (χ3v) is 3.67. The van der Waals surface area contributed by atoms with Gasteiger partial charge in [0.1, 0.15) is 0 Å². The first-order valence-corrected chi connectivity index (χ1v) is 6.99. The van der Waals surface area contributed by atoms with Gasteiger partial charge < -0.3 is 9.64 Å². The number of benzene rings is 1. The lowest BCUT2D eigenvalue weighted by atomic mass is 10.0. The van der Waals surface area contributed by atoms with Gasteiger partial charge in [-0.25, -0.2) is 0 Å². The van der Waals surface area contributed by atoms with Crippen molar-refractivity contribution in [2.24, 2.45) is 0 Å². The van der Waals surface area contributed by atoms with Gasteiger partial charge in [0, 0.05) is 31.5 Å². The van der Waals surface area contributed by atoms with Crippen molar-refractivity contribution >= 4 is 11.5 Å². The highest BCUT2D eigenvalue weighted by atomic mass is 16.5. The molecule has 1 saturated heterocycles. The van der Waals surface area contributed by atoms with E-state index in [4.69, 9.17) is 10.00 Å². The summed E-state index contributed by atoms with van der Waals surface area (Å²) in [5.41, 5.74) is 2.04. The fourth-order valence-electron chi connectivity index (χ4n) is 2.57. The zero-order valence-electron chi connectivity index (χ0n) is 12.1. The number of likely N-dealkylation sites (N-methyl/N-ethyl adjacent to an activating group) is 1. The van der Waals surface area contributed by atoms with Crippen LogP contribution in [-0.2, 0) is 4.74 Å². The second-order valence-corrected chi connectivity index (χ2v) is 5.27. The van der Waals surface area contributed by atoms with E-state index in [-0.39, 0.29) is 11.9 Å². The van der Waals surface area contributed by atoms with E-state index in [1.165, 1.54) is 6.42 Å². The van der Waals surface area contributed by atoms with Gasteiger partial charge in [-0.05, 0) is 44.4 Å². The van der Waals surface area contributed by atoms with Crippen molar-refractivity contribution < 1.29 is 9.53 Å². The Hall–Kier alpha value is -1.86. The summed E-state index contributed by atoms with van der Waals surface area (Å²) in [7, 11) is 1.95. The average molecular weight is 272 g/mol. The summed E-state index contributed by atoms with van der Waals surface area (Å²) in [5.74, 6) is 0.0147. The molecule has 0 aliphatic carbocycles. The molecular formula is C16H20N2O2. The quantitative estimate of drug-likeness (QED) is 0.791. The van der Waals surface area contributed by atoms with Gasteiger partial charge in [0.2, 0.25) is 0 Å². The molecule has 0 amide bonds. The SMILES string of the molecule is CC(=O)c1ccc(C#N)cc1N(C)CC1CCCCO1. The number of hydrogen-bond donors (Lipinski definition) is 0. The monoisotopic (exact) mass is 272 g/mol. The Kier molecular flexibility index (Phi) is 4.75. The number of hydrogen-bond acceptors (Lipinski definition) is 4. The summed E-state index contributed by atoms with van der Waals surface area (Å²) in [4.78, 5) is 13.7. The normalized spacial score (nSPS) is 18.4. The molecule has 4 heteroatoms. The van der Waals surface area contributed by atoms with E-state index < -0.39 is 0 Å². The van der Waals surface area contributed by atoms with Crippen molar-refractivity contribution in [3.05, 3.63) is 29.3 Å². The van der Waals surface area contributed by atoms with Crippen molar-refractivity contribution in [1.29, 1.82) is 5.26 Å². The second-order valence-electron chi connectivity index (χ2n) is 5.27. The van der Waals surface area contributed by atoms with Crippen molar-refractivity contribution in [2.45, 2.75) is 32.3 Å². The van der Waals surface area contributed by atoms with Crippen LogP contribution >= 0.6 is 0 Å². The van der Waals surface area contributed by atoms with E-state index in [2.05, 4.69) is 6.07 Å². The molecular weight excluding hydrogens is 252 g/mol. The summed E-state index contributed by atoms with van der Waals surface area (Å²) in [5, 5.41) is 9.02. The van der Waals surface area contributed by atoms with Crippen LogP contribution in [-0.4, -0.2) is 32.1 Å². The highest BCUT2D eigenvalue weighted by molar-refractivity contribution is 6.00. The predicted molar refractivity (Wildman–Crippen MR) is 78.0 cm³/mol. The maximum atomic E-state index is 11.7. The van der Waals surface area contributed by atoms with E-state index in [9.17, 15) is 4.79 Å². The average Bonchev–Trinajstić information content (AvgIpc) is 2.47.